The van der Waals surface area contributed by atoms with Crippen LogP contribution in [0.25, 0.3) is 0 Å². The number of fused-ring (bicyclic) bond motifs is 1. The molecule has 1 aliphatic rings. The number of pyridine rings is 1. The number of rotatable bonds is 3. The first kappa shape index (κ1) is 13.3. The minimum absolute atomic E-state index is 0.125. The highest BCUT2D eigenvalue weighted by atomic mass is 16.2. The maximum Gasteiger partial charge on any atom is 0.299 e. The Hall–Kier alpha value is -2.69. The molecule has 0 bridgehead atoms. The summed E-state index contributed by atoms with van der Waals surface area (Å²) >= 11 is 0. The van der Waals surface area contributed by atoms with Crippen LogP contribution in [0.1, 0.15) is 15.9 Å². The van der Waals surface area contributed by atoms with Crippen LogP contribution in [0, 0.1) is 6.92 Å². The van der Waals surface area contributed by atoms with Crippen molar-refractivity contribution in [3.8, 4) is 0 Å². The monoisotopic (exact) mass is 282 g/mol. The van der Waals surface area contributed by atoms with Crippen LogP contribution in [0.4, 0.5) is 5.69 Å². The lowest BCUT2D eigenvalue weighted by molar-refractivity contribution is -0.114. The maximum absolute atomic E-state index is 12.1. The van der Waals surface area contributed by atoms with Crippen molar-refractivity contribution in [1.82, 2.24) is 4.57 Å². The number of benzene rings is 1. The summed E-state index contributed by atoms with van der Waals surface area (Å²) < 4.78 is 1.52. The van der Waals surface area contributed by atoms with E-state index in [1.165, 1.54) is 15.5 Å². The second-order valence-electron chi connectivity index (χ2n) is 4.99. The molecule has 21 heavy (non-hydrogen) atoms. The number of Topliss-reactive ketones (excluding diaryl/α,β-unsaturated/α-hetero) is 1. The number of nitrogens with zero attached hydrogens (tertiary/aromatic N) is 2. The molecule has 3 rings (SSSR count). The van der Waals surface area contributed by atoms with E-state index in [0.29, 0.717) is 24.3 Å². The normalized spacial score (nSPS) is 13.7. The van der Waals surface area contributed by atoms with Gasteiger partial charge in [0, 0.05) is 25.4 Å². The van der Waals surface area contributed by atoms with Gasteiger partial charge in [-0.25, -0.2) is 0 Å². The van der Waals surface area contributed by atoms with Crippen LogP contribution in [0.5, 0.6) is 0 Å². The molecule has 0 fully saturated rings. The highest BCUT2D eigenvalue weighted by Crippen LogP contribution is 2.31. The van der Waals surface area contributed by atoms with Crippen LogP contribution in [-0.4, -0.2) is 22.8 Å². The van der Waals surface area contributed by atoms with Gasteiger partial charge in [0.2, 0.25) is 0 Å². The van der Waals surface area contributed by atoms with Gasteiger partial charge in [-0.3, -0.25) is 14.4 Å². The van der Waals surface area contributed by atoms with Gasteiger partial charge >= 0.3 is 0 Å². The van der Waals surface area contributed by atoms with Crippen molar-refractivity contribution in [2.45, 2.75) is 13.5 Å². The number of hydrogen-bond donors (Lipinski definition) is 0. The van der Waals surface area contributed by atoms with Crippen molar-refractivity contribution in [2.75, 3.05) is 11.4 Å². The van der Waals surface area contributed by atoms with Gasteiger partial charge in [-0.2, -0.15) is 0 Å². The van der Waals surface area contributed by atoms with E-state index < -0.39 is 11.7 Å². The number of carbonyl (C=O) groups excluding carboxylic acids is 2. The van der Waals surface area contributed by atoms with Crippen molar-refractivity contribution < 1.29 is 9.59 Å². The summed E-state index contributed by atoms with van der Waals surface area (Å²) in [4.78, 5) is 37.2. The molecule has 5 heteroatoms. The molecule has 1 amide bonds. The lowest BCUT2D eigenvalue weighted by Crippen LogP contribution is -2.34. The van der Waals surface area contributed by atoms with Gasteiger partial charge in [0.15, 0.2) is 0 Å². The quantitative estimate of drug-likeness (QED) is 0.799. The number of carbonyl (C=O) groups is 2. The van der Waals surface area contributed by atoms with Crippen LogP contribution in [0.3, 0.4) is 0 Å². The van der Waals surface area contributed by atoms with Gasteiger partial charge < -0.3 is 9.47 Å². The minimum atomic E-state index is -0.525. The molecule has 0 N–H and O–H groups in total. The van der Waals surface area contributed by atoms with E-state index in [4.69, 9.17) is 0 Å². The number of hydrogen-bond acceptors (Lipinski definition) is 3. The molecule has 106 valence electrons. The van der Waals surface area contributed by atoms with Gasteiger partial charge in [-0.05, 0) is 24.6 Å². The third-order valence-electron chi connectivity index (χ3n) is 3.66. The summed E-state index contributed by atoms with van der Waals surface area (Å²) in [5, 5.41) is 0. The van der Waals surface area contributed by atoms with Gasteiger partial charge in [-0.15, -0.1) is 0 Å². The van der Waals surface area contributed by atoms with Crippen molar-refractivity contribution in [3.63, 3.8) is 0 Å². The lowest BCUT2D eigenvalue weighted by atomic mass is 10.1. The molecule has 1 aromatic heterocycles. The predicted molar refractivity (Wildman–Crippen MR) is 78.6 cm³/mol. The molecule has 0 spiro atoms. The molecule has 0 unspecified atom stereocenters. The Kier molecular flexibility index (Phi) is 3.17. The Morgan fingerprint density at radius 2 is 1.76 bits per heavy atom. The van der Waals surface area contributed by atoms with E-state index in [0.717, 1.165) is 5.56 Å². The highest BCUT2D eigenvalue weighted by molar-refractivity contribution is 6.52. The summed E-state index contributed by atoms with van der Waals surface area (Å²) in [6.45, 7) is 2.52. The van der Waals surface area contributed by atoms with Crippen molar-refractivity contribution >= 4 is 17.4 Å². The molecule has 0 radical (unpaired) electrons. The number of amides is 1. The minimum Gasteiger partial charge on any atom is -0.314 e. The van der Waals surface area contributed by atoms with Gasteiger partial charge in [0.1, 0.15) is 0 Å². The highest BCUT2D eigenvalue weighted by Gasteiger charge is 2.36. The fourth-order valence-corrected chi connectivity index (χ4v) is 2.61. The van der Waals surface area contributed by atoms with Crippen LogP contribution >= 0.6 is 0 Å². The molecule has 1 aromatic carbocycles. The fraction of sp³-hybridized carbons (Fsp3) is 0.188. The average Bonchev–Trinajstić information content (AvgIpc) is 2.72. The summed E-state index contributed by atoms with van der Waals surface area (Å²) in [5.41, 5.74) is 1.87. The van der Waals surface area contributed by atoms with E-state index >= 15 is 0 Å². The van der Waals surface area contributed by atoms with E-state index in [2.05, 4.69) is 0 Å². The van der Waals surface area contributed by atoms with E-state index in [1.54, 1.807) is 30.5 Å². The Balaban J connectivity index is 1.91. The van der Waals surface area contributed by atoms with E-state index in [9.17, 15) is 14.4 Å². The van der Waals surface area contributed by atoms with E-state index in [1.807, 2.05) is 13.0 Å². The van der Waals surface area contributed by atoms with Gasteiger partial charge in [0.05, 0.1) is 11.3 Å². The standard InChI is InChI=1S/C16H14N2O3/c1-11-5-4-6-12-14(11)18(16(21)15(12)20)10-9-17-8-3-2-7-13(17)19/h2-8H,9-10H2,1H3. The largest absolute Gasteiger partial charge is 0.314 e. The smallest absolute Gasteiger partial charge is 0.299 e. The molecule has 2 aromatic rings. The Bertz CT molecular complexity index is 792. The molecule has 2 heterocycles. The van der Waals surface area contributed by atoms with Crippen LogP contribution in [-0.2, 0) is 11.3 Å². The first-order chi connectivity index (χ1) is 10.1. The third kappa shape index (κ3) is 2.16. The third-order valence-corrected chi connectivity index (χ3v) is 3.66. The molecular formula is C16H14N2O3. The number of aromatic nitrogens is 1. The second-order valence-corrected chi connectivity index (χ2v) is 4.99. The first-order valence-corrected chi connectivity index (χ1v) is 6.71. The molecule has 5 nitrogen and oxygen atoms in total. The Morgan fingerprint density at radius 3 is 2.52 bits per heavy atom. The van der Waals surface area contributed by atoms with Crippen LogP contribution < -0.4 is 10.5 Å². The zero-order valence-corrected chi connectivity index (χ0v) is 11.6. The fourth-order valence-electron chi connectivity index (χ4n) is 2.61. The Labute approximate surface area is 121 Å². The average molecular weight is 282 g/mol. The number of aryl methyl sites for hydroxylation is 1. The molecular weight excluding hydrogens is 268 g/mol. The Morgan fingerprint density at radius 1 is 0.952 bits per heavy atom. The van der Waals surface area contributed by atoms with Gasteiger partial charge in [-0.1, -0.05) is 18.2 Å². The lowest BCUT2D eigenvalue weighted by Gasteiger charge is -2.18. The molecule has 0 atom stereocenters. The van der Waals surface area contributed by atoms with Crippen LogP contribution in [0.15, 0.2) is 47.4 Å². The summed E-state index contributed by atoms with van der Waals surface area (Å²) in [7, 11) is 0. The van der Waals surface area contributed by atoms with E-state index in [-0.39, 0.29) is 5.56 Å². The SMILES string of the molecule is Cc1cccc2c1N(CCn1ccccc1=O)C(=O)C2=O. The molecule has 0 saturated heterocycles. The van der Waals surface area contributed by atoms with Crippen molar-refractivity contribution in [2.24, 2.45) is 0 Å². The van der Waals surface area contributed by atoms with Crippen molar-refractivity contribution in [3.05, 3.63) is 64.1 Å². The molecule has 0 saturated carbocycles. The zero-order chi connectivity index (χ0) is 15.0. The summed E-state index contributed by atoms with van der Waals surface area (Å²) in [6, 6.07) is 10.2. The van der Waals surface area contributed by atoms with Gasteiger partial charge in [0.25, 0.3) is 17.2 Å². The number of anilines is 1. The molecule has 1 aliphatic heterocycles. The van der Waals surface area contributed by atoms with Crippen LogP contribution in [0.2, 0.25) is 0 Å². The summed E-state index contributed by atoms with van der Waals surface area (Å²) in [5.74, 6) is -1.00. The topological polar surface area (TPSA) is 59.4 Å². The summed E-state index contributed by atoms with van der Waals surface area (Å²) in [6.07, 6.45) is 1.67. The number of ketones is 1. The zero-order valence-electron chi connectivity index (χ0n) is 11.6. The second kappa shape index (κ2) is 5.01. The first-order valence-electron chi connectivity index (χ1n) is 6.71. The predicted octanol–water partition coefficient (Wildman–Crippen LogP) is 1.39. The molecule has 0 aliphatic carbocycles. The maximum atomic E-state index is 12.1. The van der Waals surface area contributed by atoms with Crippen molar-refractivity contribution in [1.29, 1.82) is 0 Å². The number of para-hydroxylation sites is 1.